The largest absolute Gasteiger partial charge is 0.506 e. The van der Waals surface area contributed by atoms with Gasteiger partial charge in [-0.25, -0.2) is 4.98 Å². The molecule has 0 aliphatic rings. The molecule has 0 radical (unpaired) electrons. The third-order valence-electron chi connectivity index (χ3n) is 5.64. The van der Waals surface area contributed by atoms with Crippen LogP contribution in [0.1, 0.15) is 48.0 Å². The molecular weight excluding hydrogens is 466 g/mol. The van der Waals surface area contributed by atoms with Gasteiger partial charge in [0, 0.05) is 23.7 Å². The minimum atomic E-state index is -0.893. The first kappa shape index (κ1) is 26.6. The second kappa shape index (κ2) is 12.1. The lowest BCUT2D eigenvalue weighted by molar-refractivity contribution is -0.120. The van der Waals surface area contributed by atoms with Crippen molar-refractivity contribution in [3.8, 4) is 5.75 Å². The van der Waals surface area contributed by atoms with Gasteiger partial charge < -0.3 is 26.0 Å². The number of carbonyl (C=O) groups is 1. The Bertz CT molecular complexity index is 1140. The number of halogens is 1. The zero-order valence-corrected chi connectivity index (χ0v) is 20.7. The third kappa shape index (κ3) is 8.33. The fourth-order valence-electron chi connectivity index (χ4n) is 3.76. The van der Waals surface area contributed by atoms with E-state index in [1.165, 1.54) is 12.1 Å². The van der Waals surface area contributed by atoms with Gasteiger partial charge in [-0.2, -0.15) is 0 Å². The Morgan fingerprint density at radius 3 is 2.49 bits per heavy atom. The van der Waals surface area contributed by atoms with Crippen LogP contribution in [0.3, 0.4) is 0 Å². The average Bonchev–Trinajstić information content (AvgIpc) is 2.82. The molecule has 0 aliphatic heterocycles. The molecule has 1 unspecified atom stereocenters. The maximum absolute atomic E-state index is 12.4. The van der Waals surface area contributed by atoms with Gasteiger partial charge in [-0.3, -0.25) is 4.79 Å². The predicted molar refractivity (Wildman–Crippen MR) is 136 cm³/mol. The van der Waals surface area contributed by atoms with Crippen LogP contribution >= 0.6 is 11.6 Å². The number of β-amino-alcohol motifs (C(OH)–C–C–N with tert-alkyl or cyclic N) is 1. The van der Waals surface area contributed by atoms with E-state index in [0.717, 1.165) is 16.7 Å². The summed E-state index contributed by atoms with van der Waals surface area (Å²) in [5.41, 5.74) is 3.16. The van der Waals surface area contributed by atoms with Crippen molar-refractivity contribution >= 4 is 17.5 Å². The number of amides is 1. The number of carbonyl (C=O) groups excluding carboxylic acids is 1. The van der Waals surface area contributed by atoms with Gasteiger partial charge in [0.2, 0.25) is 5.91 Å². The van der Waals surface area contributed by atoms with Crippen molar-refractivity contribution in [2.45, 2.75) is 51.5 Å². The molecule has 3 aromatic rings. The van der Waals surface area contributed by atoms with Crippen LogP contribution in [0.5, 0.6) is 5.75 Å². The molecule has 1 amide bonds. The van der Waals surface area contributed by atoms with Crippen molar-refractivity contribution in [1.29, 1.82) is 0 Å². The highest BCUT2D eigenvalue weighted by molar-refractivity contribution is 6.30. The minimum absolute atomic E-state index is 0.0544. The molecule has 0 saturated carbocycles. The highest BCUT2D eigenvalue weighted by Gasteiger charge is 2.21. The lowest BCUT2D eigenvalue weighted by atomic mass is 9.93. The molecule has 5 N–H and O–H groups in total. The van der Waals surface area contributed by atoms with E-state index >= 15 is 0 Å². The van der Waals surface area contributed by atoms with Crippen LogP contribution in [-0.4, -0.2) is 38.3 Å². The van der Waals surface area contributed by atoms with Gasteiger partial charge in [-0.1, -0.05) is 48.0 Å². The Morgan fingerprint density at radius 1 is 1.06 bits per heavy atom. The molecule has 2 aromatic carbocycles. The number of benzene rings is 2. The van der Waals surface area contributed by atoms with Crippen molar-refractivity contribution in [2.24, 2.45) is 0 Å². The van der Waals surface area contributed by atoms with Crippen molar-refractivity contribution < 1.29 is 20.1 Å². The first-order chi connectivity index (χ1) is 16.6. The number of pyridine rings is 1. The zero-order valence-electron chi connectivity index (χ0n) is 20.0. The van der Waals surface area contributed by atoms with Crippen molar-refractivity contribution in [3.63, 3.8) is 0 Å². The quantitative estimate of drug-likeness (QED) is 0.277. The lowest BCUT2D eigenvalue weighted by Crippen LogP contribution is -2.43. The van der Waals surface area contributed by atoms with Crippen LogP contribution in [0.25, 0.3) is 0 Å². The van der Waals surface area contributed by atoms with E-state index in [9.17, 15) is 20.1 Å². The van der Waals surface area contributed by atoms with Gasteiger partial charge in [0.05, 0.1) is 18.7 Å². The fourth-order valence-corrected chi connectivity index (χ4v) is 3.89. The van der Waals surface area contributed by atoms with Gasteiger partial charge in [-0.15, -0.1) is 0 Å². The number of aliphatic hydroxyl groups excluding tert-OH is 2. The molecule has 186 valence electrons. The van der Waals surface area contributed by atoms with Crippen molar-refractivity contribution in [2.75, 3.05) is 6.54 Å². The predicted octanol–water partition coefficient (Wildman–Crippen LogP) is 3.44. The molecule has 0 bridgehead atoms. The number of aliphatic hydroxyl groups is 2. The first-order valence-electron chi connectivity index (χ1n) is 11.5. The smallest absolute Gasteiger partial charge is 0.224 e. The Kier molecular flexibility index (Phi) is 9.23. The highest BCUT2D eigenvalue weighted by atomic mass is 35.5. The summed E-state index contributed by atoms with van der Waals surface area (Å²) >= 11 is 5.90. The Balaban J connectivity index is 1.52. The Hall–Kier alpha value is -2.97. The molecule has 35 heavy (non-hydrogen) atoms. The molecule has 0 saturated heterocycles. The molecule has 1 atom stereocenters. The summed E-state index contributed by atoms with van der Waals surface area (Å²) in [6, 6.07) is 18.2. The van der Waals surface area contributed by atoms with E-state index in [0.29, 0.717) is 23.7 Å². The minimum Gasteiger partial charge on any atom is -0.506 e. The molecule has 0 spiro atoms. The molecule has 7 nitrogen and oxygen atoms in total. The van der Waals surface area contributed by atoms with Gasteiger partial charge in [0.1, 0.15) is 17.5 Å². The second-order valence-corrected chi connectivity index (χ2v) is 9.65. The van der Waals surface area contributed by atoms with E-state index < -0.39 is 12.7 Å². The van der Waals surface area contributed by atoms with Gasteiger partial charge in [0.25, 0.3) is 0 Å². The lowest BCUT2D eigenvalue weighted by Gasteiger charge is -2.28. The maximum Gasteiger partial charge on any atom is 0.224 e. The van der Waals surface area contributed by atoms with Crippen LogP contribution in [-0.2, 0) is 30.8 Å². The molecule has 0 aliphatic carbocycles. The summed E-state index contributed by atoms with van der Waals surface area (Å²) in [5.74, 6) is -0.156. The number of nitrogens with zero attached hydrogens (tertiary/aromatic N) is 1. The summed E-state index contributed by atoms with van der Waals surface area (Å²) in [7, 11) is 0. The molecule has 1 aromatic heterocycles. The van der Waals surface area contributed by atoms with Crippen LogP contribution in [0, 0.1) is 0 Å². The number of hydrogen-bond acceptors (Lipinski definition) is 6. The first-order valence-corrected chi connectivity index (χ1v) is 11.8. The normalized spacial score (nSPS) is 12.4. The highest BCUT2D eigenvalue weighted by Crippen LogP contribution is 2.20. The van der Waals surface area contributed by atoms with Crippen LogP contribution in [0.15, 0.2) is 60.7 Å². The van der Waals surface area contributed by atoms with E-state index in [1.54, 1.807) is 12.1 Å². The number of aromatic hydroxyl groups is 1. The van der Waals surface area contributed by atoms with Crippen LogP contribution in [0.4, 0.5) is 0 Å². The summed E-state index contributed by atoms with van der Waals surface area (Å²) in [6.07, 6.45) is 0.0781. The van der Waals surface area contributed by atoms with Gasteiger partial charge in [-0.05, 0) is 61.2 Å². The zero-order chi connectivity index (χ0) is 25.4. The summed E-state index contributed by atoms with van der Waals surface area (Å²) in [6.45, 7) is 4.37. The molecule has 0 fully saturated rings. The Labute approximate surface area is 210 Å². The number of rotatable bonds is 11. The second-order valence-electron chi connectivity index (χ2n) is 9.22. The number of aromatic nitrogens is 1. The fraction of sp³-hybridized carbons (Fsp3) is 0.333. The van der Waals surface area contributed by atoms with Gasteiger partial charge >= 0.3 is 0 Å². The van der Waals surface area contributed by atoms with E-state index in [1.807, 2.05) is 50.2 Å². The van der Waals surface area contributed by atoms with E-state index in [2.05, 4.69) is 15.6 Å². The standard InChI is InChI=1S/C27H32ClN3O4/c1-27(2,30-16-25(34)22-10-11-24(33)23(17-32)31-22)14-20-5-3-4-19(12-20)13-26(35)29-15-18-6-8-21(28)9-7-18/h3-12,25,30,32-34H,13-17H2,1-2H3,(H,29,35). The molecule has 3 rings (SSSR count). The van der Waals surface area contributed by atoms with Crippen molar-refractivity contribution in [3.05, 3.63) is 93.8 Å². The number of nitrogens with one attached hydrogen (secondary N) is 2. The molecule has 1 heterocycles. The summed E-state index contributed by atoms with van der Waals surface area (Å²) in [5, 5.41) is 36.4. The topological polar surface area (TPSA) is 115 Å². The third-order valence-corrected chi connectivity index (χ3v) is 5.89. The van der Waals surface area contributed by atoms with E-state index in [-0.39, 0.29) is 35.9 Å². The molecule has 8 heteroatoms. The van der Waals surface area contributed by atoms with E-state index in [4.69, 9.17) is 11.6 Å². The van der Waals surface area contributed by atoms with Crippen LogP contribution in [0.2, 0.25) is 5.02 Å². The Morgan fingerprint density at radius 2 is 1.77 bits per heavy atom. The molecular formula is C27H32ClN3O4. The maximum atomic E-state index is 12.4. The van der Waals surface area contributed by atoms with Crippen LogP contribution < -0.4 is 10.6 Å². The van der Waals surface area contributed by atoms with Gasteiger partial charge in [0.15, 0.2) is 0 Å². The summed E-state index contributed by atoms with van der Waals surface area (Å²) < 4.78 is 0. The average molecular weight is 498 g/mol. The number of hydrogen-bond donors (Lipinski definition) is 5. The monoisotopic (exact) mass is 497 g/mol. The summed E-state index contributed by atoms with van der Waals surface area (Å²) in [4.78, 5) is 16.5. The SMILES string of the molecule is CC(C)(Cc1cccc(CC(=O)NCc2ccc(Cl)cc2)c1)NCC(O)c1ccc(O)c(CO)n1. The van der Waals surface area contributed by atoms with Crippen molar-refractivity contribution in [1.82, 2.24) is 15.6 Å².